The van der Waals surface area contributed by atoms with Gasteiger partial charge < -0.3 is 4.74 Å². The van der Waals surface area contributed by atoms with Gasteiger partial charge in [0.2, 0.25) is 0 Å². The largest absolute Gasteiger partial charge is 0.483 e. The van der Waals surface area contributed by atoms with E-state index in [9.17, 15) is 13.2 Å². The van der Waals surface area contributed by atoms with Crippen molar-refractivity contribution in [3.8, 4) is 17.0 Å². The molecule has 162 valence electrons. The molecule has 0 radical (unpaired) electrons. The summed E-state index contributed by atoms with van der Waals surface area (Å²) in [7, 11) is 0. The molecule has 0 saturated heterocycles. The highest BCUT2D eigenvalue weighted by Gasteiger charge is 2.28. The lowest BCUT2D eigenvalue weighted by Gasteiger charge is -2.14. The van der Waals surface area contributed by atoms with E-state index in [1.165, 1.54) is 12.3 Å². The molecule has 31 heavy (non-hydrogen) atoms. The van der Waals surface area contributed by atoms with E-state index in [0.717, 1.165) is 46.6 Å². The van der Waals surface area contributed by atoms with Gasteiger partial charge in [-0.25, -0.2) is 0 Å². The Labute approximate surface area is 179 Å². The Balaban J connectivity index is 1.55. The monoisotopic (exact) mass is 427 g/mol. The Hall–Kier alpha value is -3.22. The number of aromatic nitrogens is 3. The van der Waals surface area contributed by atoms with Crippen molar-refractivity contribution in [3.63, 3.8) is 0 Å². The van der Waals surface area contributed by atoms with E-state index in [0.29, 0.717) is 0 Å². The van der Waals surface area contributed by atoms with Gasteiger partial charge in [-0.3, -0.25) is 15.0 Å². The summed E-state index contributed by atoms with van der Waals surface area (Å²) in [6.07, 6.45) is 1.78. The number of aryl methyl sites for hydroxylation is 1. The van der Waals surface area contributed by atoms with Crippen LogP contribution in [0.2, 0.25) is 0 Å². The third kappa shape index (κ3) is 6.64. The smallest absolute Gasteiger partial charge is 0.422 e. The molecule has 1 atom stereocenters. The minimum absolute atomic E-state index is 0.0886. The molecule has 0 fully saturated rings. The van der Waals surface area contributed by atoms with Crippen molar-refractivity contribution in [1.82, 2.24) is 15.0 Å². The number of alkyl halides is 3. The van der Waals surface area contributed by atoms with E-state index in [1.54, 1.807) is 18.5 Å². The molecule has 0 aliphatic rings. The Kier molecular flexibility index (Phi) is 7.05. The van der Waals surface area contributed by atoms with Crippen LogP contribution in [0.5, 0.6) is 5.75 Å². The number of ether oxygens (including phenoxy) is 1. The molecule has 2 heterocycles. The summed E-state index contributed by atoms with van der Waals surface area (Å²) in [6, 6.07) is 11.4. The lowest BCUT2D eigenvalue weighted by atomic mass is 9.94. The second kappa shape index (κ2) is 9.73. The van der Waals surface area contributed by atoms with Gasteiger partial charge in [0.25, 0.3) is 0 Å². The van der Waals surface area contributed by atoms with Crippen LogP contribution >= 0.6 is 0 Å². The van der Waals surface area contributed by atoms with Crippen LogP contribution in [-0.4, -0.2) is 27.7 Å². The van der Waals surface area contributed by atoms with Crippen LogP contribution in [0.3, 0.4) is 0 Å². The summed E-state index contributed by atoms with van der Waals surface area (Å²) in [5.74, 6) is 0.191. The number of nitrogens with zero attached hydrogens (tertiary/aromatic N) is 3. The number of halogens is 3. The third-order valence-electron chi connectivity index (χ3n) is 4.82. The van der Waals surface area contributed by atoms with Gasteiger partial charge in [0.05, 0.1) is 17.6 Å². The minimum Gasteiger partial charge on any atom is -0.483 e. The molecular weight excluding hydrogens is 403 g/mol. The minimum atomic E-state index is -4.37. The van der Waals surface area contributed by atoms with Crippen LogP contribution in [-0.2, 0) is 6.42 Å². The van der Waals surface area contributed by atoms with Crippen LogP contribution in [0.4, 0.5) is 13.2 Å². The highest BCUT2D eigenvalue weighted by Crippen LogP contribution is 2.26. The molecule has 1 aromatic carbocycles. The molecule has 7 heteroatoms. The molecule has 0 bridgehead atoms. The SMILES string of the molecule is C=C(Cc1ccc(-c2nccnc2C)cc1)C[C@H](C)c1ccc(OCC(F)(F)F)cn1. The molecule has 4 nitrogen and oxygen atoms in total. The molecule has 0 N–H and O–H groups in total. The molecule has 0 amide bonds. The Morgan fingerprint density at radius 3 is 2.35 bits per heavy atom. The van der Waals surface area contributed by atoms with Crippen molar-refractivity contribution in [3.05, 3.63) is 84.1 Å². The second-order valence-corrected chi connectivity index (χ2v) is 7.54. The van der Waals surface area contributed by atoms with E-state index in [-0.39, 0.29) is 11.7 Å². The van der Waals surface area contributed by atoms with Crippen LogP contribution in [0.25, 0.3) is 11.3 Å². The fourth-order valence-corrected chi connectivity index (χ4v) is 3.30. The van der Waals surface area contributed by atoms with Crippen LogP contribution < -0.4 is 4.74 Å². The average molecular weight is 427 g/mol. The van der Waals surface area contributed by atoms with Crippen LogP contribution in [0, 0.1) is 6.92 Å². The number of rotatable bonds is 8. The summed E-state index contributed by atoms with van der Waals surface area (Å²) in [6.45, 7) is 6.81. The summed E-state index contributed by atoms with van der Waals surface area (Å²) in [5, 5.41) is 0. The molecule has 3 rings (SSSR count). The zero-order chi connectivity index (χ0) is 22.4. The zero-order valence-corrected chi connectivity index (χ0v) is 17.5. The Morgan fingerprint density at radius 2 is 1.74 bits per heavy atom. The van der Waals surface area contributed by atoms with Crippen LogP contribution in [0.15, 0.2) is 67.1 Å². The van der Waals surface area contributed by atoms with Gasteiger partial charge in [0, 0.05) is 29.6 Å². The lowest BCUT2D eigenvalue weighted by Crippen LogP contribution is -2.19. The summed E-state index contributed by atoms with van der Waals surface area (Å²) >= 11 is 0. The maximum Gasteiger partial charge on any atom is 0.422 e. The quantitative estimate of drug-likeness (QED) is 0.409. The highest BCUT2D eigenvalue weighted by molar-refractivity contribution is 5.61. The Morgan fingerprint density at radius 1 is 1.03 bits per heavy atom. The van der Waals surface area contributed by atoms with Gasteiger partial charge in [-0.05, 0) is 37.5 Å². The first-order chi connectivity index (χ1) is 14.7. The summed E-state index contributed by atoms with van der Waals surface area (Å²) < 4.78 is 41.4. The van der Waals surface area contributed by atoms with Crippen molar-refractivity contribution < 1.29 is 17.9 Å². The van der Waals surface area contributed by atoms with E-state index < -0.39 is 12.8 Å². The Bertz CT molecular complexity index is 1020. The van der Waals surface area contributed by atoms with Gasteiger partial charge in [0.15, 0.2) is 6.61 Å². The van der Waals surface area contributed by atoms with Crippen molar-refractivity contribution in [2.75, 3.05) is 6.61 Å². The fraction of sp³-hybridized carbons (Fsp3) is 0.292. The first-order valence-electron chi connectivity index (χ1n) is 9.90. The summed E-state index contributed by atoms with van der Waals surface area (Å²) in [5.41, 5.74) is 5.76. The number of pyridine rings is 1. The van der Waals surface area contributed by atoms with E-state index >= 15 is 0 Å². The van der Waals surface area contributed by atoms with Gasteiger partial charge in [-0.15, -0.1) is 0 Å². The van der Waals surface area contributed by atoms with Crippen molar-refractivity contribution in [2.45, 2.75) is 38.8 Å². The van der Waals surface area contributed by atoms with Gasteiger partial charge in [-0.1, -0.05) is 43.3 Å². The van der Waals surface area contributed by atoms with Crippen molar-refractivity contribution in [1.29, 1.82) is 0 Å². The molecular formula is C24H24F3N3O. The van der Waals surface area contributed by atoms with E-state index in [1.807, 2.05) is 26.0 Å². The molecule has 0 aliphatic carbocycles. The molecule has 3 aromatic rings. The van der Waals surface area contributed by atoms with Gasteiger partial charge >= 0.3 is 6.18 Å². The zero-order valence-electron chi connectivity index (χ0n) is 17.5. The number of benzene rings is 1. The fourth-order valence-electron chi connectivity index (χ4n) is 3.30. The molecule has 0 saturated carbocycles. The predicted octanol–water partition coefficient (Wildman–Crippen LogP) is 6.08. The van der Waals surface area contributed by atoms with Crippen molar-refractivity contribution >= 4 is 0 Å². The van der Waals surface area contributed by atoms with Gasteiger partial charge in [-0.2, -0.15) is 13.2 Å². The van der Waals surface area contributed by atoms with Crippen molar-refractivity contribution in [2.24, 2.45) is 0 Å². The molecule has 0 spiro atoms. The first-order valence-corrected chi connectivity index (χ1v) is 9.90. The summed E-state index contributed by atoms with van der Waals surface area (Å²) in [4.78, 5) is 12.9. The van der Waals surface area contributed by atoms with E-state index in [4.69, 9.17) is 4.74 Å². The van der Waals surface area contributed by atoms with Crippen LogP contribution in [0.1, 0.15) is 36.2 Å². The topological polar surface area (TPSA) is 47.9 Å². The highest BCUT2D eigenvalue weighted by atomic mass is 19.4. The maximum absolute atomic E-state index is 12.2. The number of allylic oxidation sites excluding steroid dienone is 1. The second-order valence-electron chi connectivity index (χ2n) is 7.54. The van der Waals surface area contributed by atoms with Gasteiger partial charge in [0.1, 0.15) is 5.75 Å². The third-order valence-corrected chi connectivity index (χ3v) is 4.82. The van der Waals surface area contributed by atoms with E-state index in [2.05, 4.69) is 33.7 Å². The first kappa shape index (κ1) is 22.5. The standard InChI is InChI=1S/C24H24F3N3O/c1-16(12-17(2)22-9-8-21(14-30-22)31-15-24(25,26)27)13-19-4-6-20(7-5-19)23-18(3)28-10-11-29-23/h4-11,14,17H,1,12-13,15H2,2-3H3/t17-/m0/s1. The predicted molar refractivity (Wildman–Crippen MR) is 114 cm³/mol. The molecule has 0 unspecified atom stereocenters. The lowest BCUT2D eigenvalue weighted by molar-refractivity contribution is -0.153. The molecule has 2 aromatic heterocycles. The normalized spacial score (nSPS) is 12.4. The molecule has 0 aliphatic heterocycles. The number of hydrogen-bond acceptors (Lipinski definition) is 4. The maximum atomic E-state index is 12.2. The number of hydrogen-bond donors (Lipinski definition) is 0. The average Bonchev–Trinajstić information content (AvgIpc) is 2.73.